The van der Waals surface area contributed by atoms with Crippen molar-refractivity contribution in [1.29, 1.82) is 0 Å². The molecule has 0 radical (unpaired) electrons. The van der Waals surface area contributed by atoms with Gasteiger partial charge in [-0.15, -0.1) is 0 Å². The van der Waals surface area contributed by atoms with Gasteiger partial charge in [-0.2, -0.15) is 0 Å². The molecule has 146 valence electrons. The van der Waals surface area contributed by atoms with Gasteiger partial charge >= 0.3 is 0 Å². The number of hydrogen-bond donors (Lipinski definition) is 0. The fourth-order valence-electron chi connectivity index (χ4n) is 3.54. The summed E-state index contributed by atoms with van der Waals surface area (Å²) < 4.78 is 18.4. The van der Waals surface area contributed by atoms with Crippen molar-refractivity contribution in [1.82, 2.24) is 0 Å². The molecule has 0 unspecified atom stereocenters. The van der Waals surface area contributed by atoms with E-state index in [1.807, 2.05) is 6.07 Å². The van der Waals surface area contributed by atoms with Crippen LogP contribution in [0.4, 0.5) is 0 Å². The SMILES string of the molecule is CCCCCOc1cc(OCCCCC)c2oc3c(C)cc(C)cc3c2c1. The van der Waals surface area contributed by atoms with Gasteiger partial charge in [-0.1, -0.05) is 45.6 Å². The summed E-state index contributed by atoms with van der Waals surface area (Å²) in [4.78, 5) is 0. The van der Waals surface area contributed by atoms with E-state index >= 15 is 0 Å². The van der Waals surface area contributed by atoms with Gasteiger partial charge in [-0.05, 0) is 49.9 Å². The Hall–Kier alpha value is -2.16. The Morgan fingerprint density at radius 3 is 2.11 bits per heavy atom. The smallest absolute Gasteiger partial charge is 0.177 e. The molecule has 1 aromatic heterocycles. The molecule has 3 nitrogen and oxygen atoms in total. The molecule has 0 saturated carbocycles. The highest BCUT2D eigenvalue weighted by Crippen LogP contribution is 2.39. The molecule has 27 heavy (non-hydrogen) atoms. The van der Waals surface area contributed by atoms with Crippen LogP contribution in [-0.4, -0.2) is 13.2 Å². The zero-order valence-electron chi connectivity index (χ0n) is 17.2. The number of furan rings is 1. The molecule has 0 spiro atoms. The van der Waals surface area contributed by atoms with Crippen LogP contribution in [0.2, 0.25) is 0 Å². The Kier molecular flexibility index (Phi) is 6.65. The number of benzene rings is 2. The second-order valence-electron chi connectivity index (χ2n) is 7.47. The lowest BCUT2D eigenvalue weighted by atomic mass is 10.1. The fourth-order valence-corrected chi connectivity index (χ4v) is 3.54. The Bertz CT molecular complexity index is 892. The predicted molar refractivity (Wildman–Crippen MR) is 113 cm³/mol. The van der Waals surface area contributed by atoms with E-state index in [1.54, 1.807) is 0 Å². The average molecular weight is 369 g/mol. The zero-order chi connectivity index (χ0) is 19.2. The molecule has 3 heteroatoms. The topological polar surface area (TPSA) is 31.6 Å². The van der Waals surface area contributed by atoms with Crippen LogP contribution in [0.5, 0.6) is 11.5 Å². The van der Waals surface area contributed by atoms with Crippen LogP contribution in [0.1, 0.15) is 63.5 Å². The first-order chi connectivity index (χ1) is 13.1. The summed E-state index contributed by atoms with van der Waals surface area (Å²) in [6, 6.07) is 8.44. The van der Waals surface area contributed by atoms with Crippen LogP contribution in [0, 0.1) is 13.8 Å². The fraction of sp³-hybridized carbons (Fsp3) is 0.500. The first-order valence-electron chi connectivity index (χ1n) is 10.4. The van der Waals surface area contributed by atoms with Gasteiger partial charge in [-0.25, -0.2) is 0 Å². The normalized spacial score (nSPS) is 11.4. The standard InChI is InChI=1S/C24H32O3/c1-5-7-9-11-25-19-15-21-20-14-17(3)13-18(4)23(20)27-24(21)22(16-19)26-12-10-8-6-2/h13-16H,5-12H2,1-4H3. The van der Waals surface area contributed by atoms with E-state index < -0.39 is 0 Å². The molecule has 0 N–H and O–H groups in total. The highest BCUT2D eigenvalue weighted by Gasteiger charge is 2.16. The third kappa shape index (κ3) is 4.58. The van der Waals surface area contributed by atoms with Crippen LogP contribution >= 0.6 is 0 Å². The predicted octanol–water partition coefficient (Wildman–Crippen LogP) is 7.34. The van der Waals surface area contributed by atoms with Crippen LogP contribution < -0.4 is 9.47 Å². The maximum absolute atomic E-state index is 6.24. The molecule has 0 fully saturated rings. The third-order valence-electron chi connectivity index (χ3n) is 4.96. The molecular weight excluding hydrogens is 336 g/mol. The first-order valence-corrected chi connectivity index (χ1v) is 10.4. The van der Waals surface area contributed by atoms with Crippen LogP contribution in [0.3, 0.4) is 0 Å². The number of hydrogen-bond acceptors (Lipinski definition) is 3. The largest absolute Gasteiger partial charge is 0.493 e. The highest BCUT2D eigenvalue weighted by atomic mass is 16.5. The number of rotatable bonds is 10. The molecule has 0 aliphatic heterocycles. The summed E-state index contributed by atoms with van der Waals surface area (Å²) in [5.41, 5.74) is 4.17. The van der Waals surface area contributed by atoms with Gasteiger partial charge < -0.3 is 13.9 Å². The number of fused-ring (bicyclic) bond motifs is 3. The number of aryl methyl sites for hydroxylation is 2. The van der Waals surface area contributed by atoms with Gasteiger partial charge in [0.05, 0.1) is 13.2 Å². The van der Waals surface area contributed by atoms with E-state index in [9.17, 15) is 0 Å². The van der Waals surface area contributed by atoms with Gasteiger partial charge in [0, 0.05) is 16.8 Å². The van der Waals surface area contributed by atoms with Gasteiger partial charge in [0.2, 0.25) is 0 Å². The van der Waals surface area contributed by atoms with E-state index in [-0.39, 0.29) is 0 Å². The van der Waals surface area contributed by atoms with Gasteiger partial charge in [0.15, 0.2) is 11.3 Å². The summed E-state index contributed by atoms with van der Waals surface area (Å²) in [6.07, 6.45) is 6.87. The van der Waals surface area contributed by atoms with Crippen molar-refractivity contribution in [2.75, 3.05) is 13.2 Å². The van der Waals surface area contributed by atoms with Crippen molar-refractivity contribution in [3.05, 3.63) is 35.4 Å². The van der Waals surface area contributed by atoms with Gasteiger partial charge in [-0.3, -0.25) is 0 Å². The van der Waals surface area contributed by atoms with Crippen molar-refractivity contribution < 1.29 is 13.9 Å². The zero-order valence-corrected chi connectivity index (χ0v) is 17.2. The average Bonchev–Trinajstić information content (AvgIpc) is 3.01. The second kappa shape index (κ2) is 9.16. The molecule has 2 aromatic carbocycles. The Morgan fingerprint density at radius 1 is 0.741 bits per heavy atom. The minimum absolute atomic E-state index is 0.706. The van der Waals surface area contributed by atoms with Crippen molar-refractivity contribution >= 4 is 21.9 Å². The van der Waals surface area contributed by atoms with Crippen molar-refractivity contribution in [3.8, 4) is 11.5 Å². The highest BCUT2D eigenvalue weighted by molar-refractivity contribution is 6.08. The molecule has 0 amide bonds. The van der Waals surface area contributed by atoms with Crippen molar-refractivity contribution in [2.45, 2.75) is 66.2 Å². The Labute approximate surface area is 162 Å². The molecule has 0 aliphatic rings. The lowest BCUT2D eigenvalue weighted by Crippen LogP contribution is -2.00. The second-order valence-corrected chi connectivity index (χ2v) is 7.47. The van der Waals surface area contributed by atoms with Gasteiger partial charge in [0.25, 0.3) is 0 Å². The maximum Gasteiger partial charge on any atom is 0.177 e. The summed E-state index contributed by atoms with van der Waals surface area (Å²) >= 11 is 0. The van der Waals surface area contributed by atoms with E-state index in [2.05, 4.69) is 45.9 Å². The summed E-state index contributed by atoms with van der Waals surface area (Å²) in [7, 11) is 0. The first kappa shape index (κ1) is 19.6. The monoisotopic (exact) mass is 368 g/mol. The summed E-state index contributed by atoms with van der Waals surface area (Å²) in [5.74, 6) is 1.66. The van der Waals surface area contributed by atoms with E-state index in [1.165, 1.54) is 31.2 Å². The molecule has 1 heterocycles. The lowest BCUT2D eigenvalue weighted by Gasteiger charge is -2.10. The Morgan fingerprint density at radius 2 is 1.41 bits per heavy atom. The molecule has 0 atom stereocenters. The van der Waals surface area contributed by atoms with Crippen LogP contribution in [0.25, 0.3) is 21.9 Å². The van der Waals surface area contributed by atoms with Crippen LogP contribution in [0.15, 0.2) is 28.7 Å². The van der Waals surface area contributed by atoms with E-state index in [0.717, 1.165) is 58.4 Å². The summed E-state index contributed by atoms with van der Waals surface area (Å²) in [5, 5.41) is 2.22. The summed E-state index contributed by atoms with van der Waals surface area (Å²) in [6.45, 7) is 10.1. The quantitative estimate of drug-likeness (QED) is 0.351. The van der Waals surface area contributed by atoms with E-state index in [4.69, 9.17) is 13.9 Å². The molecule has 0 saturated heterocycles. The van der Waals surface area contributed by atoms with Crippen LogP contribution in [-0.2, 0) is 0 Å². The van der Waals surface area contributed by atoms with Gasteiger partial charge in [0.1, 0.15) is 11.3 Å². The number of ether oxygens (including phenoxy) is 2. The molecule has 0 bridgehead atoms. The molecule has 3 rings (SSSR count). The lowest BCUT2D eigenvalue weighted by molar-refractivity contribution is 0.292. The molecule has 3 aromatic rings. The minimum atomic E-state index is 0.706. The molecular formula is C24H32O3. The maximum atomic E-state index is 6.24. The van der Waals surface area contributed by atoms with Crippen molar-refractivity contribution in [2.24, 2.45) is 0 Å². The third-order valence-corrected chi connectivity index (χ3v) is 4.96. The van der Waals surface area contributed by atoms with E-state index in [0.29, 0.717) is 6.61 Å². The molecule has 0 aliphatic carbocycles. The number of unbranched alkanes of at least 4 members (excludes halogenated alkanes) is 4. The van der Waals surface area contributed by atoms with Crippen molar-refractivity contribution in [3.63, 3.8) is 0 Å². The Balaban J connectivity index is 1.99. The minimum Gasteiger partial charge on any atom is -0.493 e.